The minimum atomic E-state index is -3.48. The molecule has 0 aromatic heterocycles. The van der Waals surface area contributed by atoms with Crippen LogP contribution in [0.25, 0.3) is 0 Å². The quantitative estimate of drug-likeness (QED) is 0.918. The lowest BCUT2D eigenvalue weighted by Crippen LogP contribution is -2.39. The van der Waals surface area contributed by atoms with Crippen LogP contribution in [0.3, 0.4) is 0 Å². The van der Waals surface area contributed by atoms with Crippen LogP contribution in [-0.4, -0.2) is 32.4 Å². The average Bonchev–Trinajstić information content (AvgIpc) is 2.30. The van der Waals surface area contributed by atoms with Crippen molar-refractivity contribution in [1.29, 1.82) is 0 Å². The Morgan fingerprint density at radius 2 is 2.06 bits per heavy atom. The van der Waals surface area contributed by atoms with Gasteiger partial charge in [0.15, 0.2) is 0 Å². The summed E-state index contributed by atoms with van der Waals surface area (Å²) in [4.78, 5) is 0.315. The molecule has 1 rings (SSSR count). The highest BCUT2D eigenvalue weighted by atomic mass is 79.9. The van der Waals surface area contributed by atoms with Crippen LogP contribution in [0, 0.1) is 6.92 Å². The van der Waals surface area contributed by atoms with Gasteiger partial charge in [0.2, 0.25) is 10.0 Å². The van der Waals surface area contributed by atoms with Crippen LogP contribution >= 0.6 is 15.9 Å². The summed E-state index contributed by atoms with van der Waals surface area (Å²) < 4.78 is 26.8. The van der Waals surface area contributed by atoms with Gasteiger partial charge in [0.1, 0.15) is 0 Å². The molecule has 2 N–H and O–H groups in total. The summed E-state index contributed by atoms with van der Waals surface area (Å²) in [5.74, 6) is 0. The maximum absolute atomic E-state index is 12.4. The topological polar surface area (TPSA) is 63.4 Å². The lowest BCUT2D eigenvalue weighted by molar-refractivity contribution is 0.394. The SMILES string of the molecule is Cc1c(Br)cccc1S(=O)(=O)N(C)C(C)CN. The Bertz CT molecular complexity index is 502. The van der Waals surface area contributed by atoms with Crippen LogP contribution in [0.4, 0.5) is 0 Å². The highest BCUT2D eigenvalue weighted by Gasteiger charge is 2.26. The van der Waals surface area contributed by atoms with Gasteiger partial charge in [-0.3, -0.25) is 0 Å². The van der Waals surface area contributed by atoms with Gasteiger partial charge >= 0.3 is 0 Å². The van der Waals surface area contributed by atoms with Crippen molar-refractivity contribution < 1.29 is 8.42 Å². The molecule has 0 aliphatic heterocycles. The van der Waals surface area contributed by atoms with Gasteiger partial charge in [-0.25, -0.2) is 8.42 Å². The average molecular weight is 321 g/mol. The third-order valence-electron chi connectivity index (χ3n) is 2.84. The first-order chi connectivity index (χ1) is 7.82. The van der Waals surface area contributed by atoms with Gasteiger partial charge in [-0.05, 0) is 31.5 Å². The van der Waals surface area contributed by atoms with E-state index in [1.165, 1.54) is 4.31 Å². The number of benzene rings is 1. The zero-order valence-corrected chi connectivity index (χ0v) is 12.5. The molecular formula is C11H17BrN2O2S. The minimum Gasteiger partial charge on any atom is -0.329 e. The standard InChI is InChI=1S/C11H17BrN2O2S/c1-8(7-13)14(3)17(15,16)11-6-4-5-10(12)9(11)2/h4-6,8H,7,13H2,1-3H3. The van der Waals surface area contributed by atoms with Crippen molar-refractivity contribution in [2.24, 2.45) is 5.73 Å². The molecule has 0 spiro atoms. The Morgan fingerprint density at radius 1 is 1.47 bits per heavy atom. The van der Waals surface area contributed by atoms with E-state index in [2.05, 4.69) is 15.9 Å². The lowest BCUT2D eigenvalue weighted by atomic mass is 10.2. The summed E-state index contributed by atoms with van der Waals surface area (Å²) in [6.45, 7) is 3.85. The summed E-state index contributed by atoms with van der Waals surface area (Å²) in [5, 5.41) is 0. The van der Waals surface area contributed by atoms with Crippen molar-refractivity contribution in [2.45, 2.75) is 24.8 Å². The van der Waals surface area contributed by atoms with E-state index in [1.807, 2.05) is 6.07 Å². The molecule has 0 aliphatic rings. The Labute approximate surface area is 111 Å². The number of nitrogens with zero attached hydrogens (tertiary/aromatic N) is 1. The molecule has 1 aromatic carbocycles. The summed E-state index contributed by atoms with van der Waals surface area (Å²) in [7, 11) is -1.93. The van der Waals surface area contributed by atoms with Crippen LogP contribution in [-0.2, 0) is 10.0 Å². The highest BCUT2D eigenvalue weighted by molar-refractivity contribution is 9.10. The molecule has 96 valence electrons. The molecule has 6 heteroatoms. The molecule has 0 saturated heterocycles. The predicted octanol–water partition coefficient (Wildman–Crippen LogP) is 1.73. The van der Waals surface area contributed by atoms with E-state index in [0.717, 1.165) is 4.47 Å². The van der Waals surface area contributed by atoms with E-state index >= 15 is 0 Å². The summed E-state index contributed by atoms with van der Waals surface area (Å²) >= 11 is 3.33. The van der Waals surface area contributed by atoms with E-state index in [9.17, 15) is 8.42 Å². The van der Waals surface area contributed by atoms with E-state index in [1.54, 1.807) is 33.0 Å². The summed E-state index contributed by atoms with van der Waals surface area (Å²) in [6, 6.07) is 4.92. The molecule has 1 unspecified atom stereocenters. The van der Waals surface area contributed by atoms with Gasteiger partial charge < -0.3 is 5.73 Å². The van der Waals surface area contributed by atoms with Crippen LogP contribution in [0.1, 0.15) is 12.5 Å². The molecule has 0 radical (unpaired) electrons. The molecule has 0 saturated carbocycles. The van der Waals surface area contributed by atoms with Crippen molar-refractivity contribution in [2.75, 3.05) is 13.6 Å². The van der Waals surface area contributed by atoms with Crippen molar-refractivity contribution in [3.63, 3.8) is 0 Å². The van der Waals surface area contributed by atoms with Crippen LogP contribution in [0.5, 0.6) is 0 Å². The molecule has 0 aliphatic carbocycles. The zero-order chi connectivity index (χ0) is 13.2. The first-order valence-electron chi connectivity index (χ1n) is 5.25. The fourth-order valence-corrected chi connectivity index (χ4v) is 3.52. The van der Waals surface area contributed by atoms with Crippen LogP contribution < -0.4 is 5.73 Å². The Kier molecular flexibility index (Phi) is 4.71. The van der Waals surface area contributed by atoms with Gasteiger partial charge in [0.05, 0.1) is 4.90 Å². The molecule has 0 amide bonds. The summed E-state index contributed by atoms with van der Waals surface area (Å²) in [5.41, 5.74) is 6.21. The Hall–Kier alpha value is -0.430. The largest absolute Gasteiger partial charge is 0.329 e. The third-order valence-corrected chi connectivity index (χ3v) is 5.81. The number of likely N-dealkylation sites (N-methyl/N-ethyl adjacent to an activating group) is 1. The van der Waals surface area contributed by atoms with E-state index in [-0.39, 0.29) is 6.04 Å². The maximum atomic E-state index is 12.4. The predicted molar refractivity (Wildman–Crippen MR) is 72.3 cm³/mol. The molecule has 4 nitrogen and oxygen atoms in total. The number of hydrogen-bond donors (Lipinski definition) is 1. The number of hydrogen-bond acceptors (Lipinski definition) is 3. The van der Waals surface area contributed by atoms with Crippen molar-refractivity contribution in [3.8, 4) is 0 Å². The molecule has 0 bridgehead atoms. The number of nitrogens with two attached hydrogens (primary N) is 1. The number of rotatable bonds is 4. The Morgan fingerprint density at radius 3 is 2.59 bits per heavy atom. The fraction of sp³-hybridized carbons (Fsp3) is 0.455. The van der Waals surface area contributed by atoms with Crippen molar-refractivity contribution in [3.05, 3.63) is 28.2 Å². The van der Waals surface area contributed by atoms with Gasteiger partial charge in [0.25, 0.3) is 0 Å². The maximum Gasteiger partial charge on any atom is 0.243 e. The monoisotopic (exact) mass is 320 g/mol. The van der Waals surface area contributed by atoms with E-state index < -0.39 is 10.0 Å². The van der Waals surface area contributed by atoms with Gasteiger partial charge in [-0.15, -0.1) is 0 Å². The van der Waals surface area contributed by atoms with Crippen molar-refractivity contribution >= 4 is 26.0 Å². The Balaban J connectivity index is 3.27. The first-order valence-corrected chi connectivity index (χ1v) is 7.49. The number of sulfonamides is 1. The fourth-order valence-electron chi connectivity index (χ4n) is 1.41. The second-order valence-corrected chi connectivity index (χ2v) is 6.79. The van der Waals surface area contributed by atoms with Crippen LogP contribution in [0.2, 0.25) is 0 Å². The molecular weight excluding hydrogens is 304 g/mol. The van der Waals surface area contributed by atoms with Crippen molar-refractivity contribution in [1.82, 2.24) is 4.31 Å². The normalized spacial score (nSPS) is 14.0. The second-order valence-electron chi connectivity index (χ2n) is 3.97. The summed E-state index contributed by atoms with van der Waals surface area (Å²) in [6.07, 6.45) is 0. The molecule has 1 atom stereocenters. The van der Waals surface area contributed by atoms with Gasteiger partial charge in [-0.1, -0.05) is 22.0 Å². The van der Waals surface area contributed by atoms with Gasteiger partial charge in [-0.2, -0.15) is 4.31 Å². The second kappa shape index (κ2) is 5.48. The lowest BCUT2D eigenvalue weighted by Gasteiger charge is -2.24. The molecule has 17 heavy (non-hydrogen) atoms. The molecule has 0 fully saturated rings. The van der Waals surface area contributed by atoms with Crippen LogP contribution in [0.15, 0.2) is 27.6 Å². The highest BCUT2D eigenvalue weighted by Crippen LogP contribution is 2.25. The van der Waals surface area contributed by atoms with E-state index in [0.29, 0.717) is 17.0 Å². The smallest absolute Gasteiger partial charge is 0.243 e. The zero-order valence-electron chi connectivity index (χ0n) is 10.1. The number of halogens is 1. The minimum absolute atomic E-state index is 0.224. The first kappa shape index (κ1) is 14.6. The molecule has 0 heterocycles. The third kappa shape index (κ3) is 2.88. The van der Waals surface area contributed by atoms with E-state index in [4.69, 9.17) is 5.73 Å². The van der Waals surface area contributed by atoms with Gasteiger partial charge in [0, 0.05) is 24.1 Å². The molecule has 1 aromatic rings.